The number of hydrogen-bond donors (Lipinski definition) is 2. The number of carboxylic acids is 1. The summed E-state index contributed by atoms with van der Waals surface area (Å²) in [6.45, 7) is 3.53. The highest BCUT2D eigenvalue weighted by atomic mass is 127. The molecular formula is C14H16INO3. The number of hydrogen-bond acceptors (Lipinski definition) is 2. The highest BCUT2D eigenvalue weighted by Crippen LogP contribution is 2.10. The summed E-state index contributed by atoms with van der Waals surface area (Å²) < 4.78 is 1.04. The molecule has 4 nitrogen and oxygen atoms in total. The van der Waals surface area contributed by atoms with E-state index in [2.05, 4.69) is 34.5 Å². The molecule has 0 spiro atoms. The van der Waals surface area contributed by atoms with E-state index in [1.54, 1.807) is 6.08 Å². The van der Waals surface area contributed by atoms with Crippen LogP contribution in [0.4, 0.5) is 0 Å². The van der Waals surface area contributed by atoms with Crippen LogP contribution in [0.5, 0.6) is 0 Å². The molecule has 102 valence electrons. The molecule has 0 saturated carbocycles. The second-order valence-electron chi connectivity index (χ2n) is 4.12. The van der Waals surface area contributed by atoms with Gasteiger partial charge in [-0.15, -0.1) is 6.58 Å². The van der Waals surface area contributed by atoms with Crippen LogP contribution in [0, 0.1) is 3.57 Å². The van der Waals surface area contributed by atoms with Crippen LogP contribution in [0.3, 0.4) is 0 Å². The number of rotatable bonds is 7. The van der Waals surface area contributed by atoms with Crippen molar-refractivity contribution in [2.45, 2.75) is 25.3 Å². The number of carboxylic acid groups (broad SMARTS) is 1. The smallest absolute Gasteiger partial charge is 0.326 e. The van der Waals surface area contributed by atoms with Gasteiger partial charge < -0.3 is 10.4 Å². The summed E-state index contributed by atoms with van der Waals surface area (Å²) in [4.78, 5) is 22.7. The molecule has 0 saturated heterocycles. The molecule has 0 heterocycles. The van der Waals surface area contributed by atoms with Crippen molar-refractivity contribution in [1.82, 2.24) is 5.32 Å². The fraction of sp³-hybridized carbons (Fsp3) is 0.286. The molecule has 0 bridgehead atoms. The maximum absolute atomic E-state index is 11.6. The zero-order chi connectivity index (χ0) is 14.3. The quantitative estimate of drug-likeness (QED) is 0.570. The Kier molecular flexibility index (Phi) is 6.55. The van der Waals surface area contributed by atoms with Gasteiger partial charge in [0.25, 0.3) is 0 Å². The highest BCUT2D eigenvalue weighted by molar-refractivity contribution is 14.1. The molecule has 0 unspecified atom stereocenters. The maximum Gasteiger partial charge on any atom is 0.326 e. The molecular weight excluding hydrogens is 357 g/mol. The first-order valence-corrected chi connectivity index (χ1v) is 6.98. The molecule has 0 radical (unpaired) electrons. The largest absolute Gasteiger partial charge is 0.480 e. The van der Waals surface area contributed by atoms with E-state index >= 15 is 0 Å². The summed E-state index contributed by atoms with van der Waals surface area (Å²) in [6.07, 6.45) is 2.72. The molecule has 0 fully saturated rings. The normalized spacial score (nSPS) is 11.6. The van der Waals surface area contributed by atoms with E-state index in [-0.39, 0.29) is 18.7 Å². The van der Waals surface area contributed by atoms with Crippen molar-refractivity contribution in [3.63, 3.8) is 0 Å². The van der Waals surface area contributed by atoms with E-state index in [1.807, 2.05) is 24.3 Å². The lowest BCUT2D eigenvalue weighted by Gasteiger charge is -2.14. The van der Waals surface area contributed by atoms with Crippen molar-refractivity contribution in [3.8, 4) is 0 Å². The number of aliphatic carboxylic acids is 1. The minimum atomic E-state index is -1.02. The van der Waals surface area contributed by atoms with Crippen LogP contribution in [-0.2, 0) is 16.0 Å². The number of amides is 1. The van der Waals surface area contributed by atoms with Gasteiger partial charge >= 0.3 is 5.97 Å². The third-order valence-corrected chi connectivity index (χ3v) is 3.21. The van der Waals surface area contributed by atoms with Gasteiger partial charge in [0, 0.05) is 16.4 Å². The van der Waals surface area contributed by atoms with Gasteiger partial charge in [0.2, 0.25) is 5.91 Å². The zero-order valence-corrected chi connectivity index (χ0v) is 12.6. The molecule has 2 N–H and O–H groups in total. The Morgan fingerprint density at radius 1 is 1.47 bits per heavy atom. The van der Waals surface area contributed by atoms with E-state index in [4.69, 9.17) is 5.11 Å². The minimum absolute atomic E-state index is 0.263. The number of benzene rings is 1. The number of halogens is 1. The molecule has 1 aromatic rings. The number of carbonyl (C=O) groups is 2. The second kappa shape index (κ2) is 7.93. The van der Waals surface area contributed by atoms with E-state index in [0.717, 1.165) is 9.13 Å². The first-order chi connectivity index (χ1) is 9.02. The Hall–Kier alpha value is -1.37. The molecule has 19 heavy (non-hydrogen) atoms. The highest BCUT2D eigenvalue weighted by Gasteiger charge is 2.19. The summed E-state index contributed by atoms with van der Waals surface area (Å²) in [5.41, 5.74) is 0.892. The lowest BCUT2D eigenvalue weighted by molar-refractivity contribution is -0.141. The van der Waals surface area contributed by atoms with Crippen molar-refractivity contribution < 1.29 is 14.7 Å². The number of allylic oxidation sites excluding steroid dienone is 1. The molecule has 0 aliphatic rings. The Balaban J connectivity index is 2.65. The van der Waals surface area contributed by atoms with Crippen molar-refractivity contribution in [2.75, 3.05) is 0 Å². The molecule has 0 aromatic heterocycles. The van der Waals surface area contributed by atoms with E-state index in [1.165, 1.54) is 0 Å². The summed E-state index contributed by atoms with van der Waals surface area (Å²) in [6, 6.07) is 6.67. The third kappa shape index (κ3) is 5.87. The molecule has 0 aliphatic heterocycles. The second-order valence-corrected chi connectivity index (χ2v) is 5.37. The van der Waals surface area contributed by atoms with Crippen molar-refractivity contribution >= 4 is 34.5 Å². The van der Waals surface area contributed by atoms with Gasteiger partial charge in [-0.05, 0) is 46.7 Å². The fourth-order valence-corrected chi connectivity index (χ4v) is 2.21. The van der Waals surface area contributed by atoms with Crippen molar-refractivity contribution in [2.24, 2.45) is 0 Å². The van der Waals surface area contributed by atoms with Gasteiger partial charge in [-0.1, -0.05) is 18.2 Å². The molecule has 1 aromatic carbocycles. The van der Waals surface area contributed by atoms with Crippen molar-refractivity contribution in [3.05, 3.63) is 46.1 Å². The SMILES string of the molecule is C=CCCC(=O)N[C@@H](Cc1cccc(I)c1)C(=O)O. The molecule has 1 rings (SSSR count). The fourth-order valence-electron chi connectivity index (χ4n) is 1.60. The Labute approximate surface area is 126 Å². The van der Waals surface area contributed by atoms with Crippen LogP contribution < -0.4 is 5.32 Å². The average Bonchev–Trinajstić information content (AvgIpc) is 2.35. The van der Waals surface area contributed by atoms with Gasteiger partial charge in [0.1, 0.15) is 6.04 Å². The topological polar surface area (TPSA) is 66.4 Å². The molecule has 0 aliphatic carbocycles. The summed E-state index contributed by atoms with van der Waals surface area (Å²) in [5.74, 6) is -1.29. The van der Waals surface area contributed by atoms with Gasteiger partial charge in [-0.25, -0.2) is 4.79 Å². The van der Waals surface area contributed by atoms with Gasteiger partial charge in [0.15, 0.2) is 0 Å². The van der Waals surface area contributed by atoms with Crippen molar-refractivity contribution in [1.29, 1.82) is 0 Å². The predicted octanol–water partition coefficient (Wildman–Crippen LogP) is 2.37. The maximum atomic E-state index is 11.6. The molecule has 1 amide bonds. The van der Waals surface area contributed by atoms with Crippen LogP contribution in [-0.4, -0.2) is 23.0 Å². The van der Waals surface area contributed by atoms with Crippen LogP contribution in [0.2, 0.25) is 0 Å². The zero-order valence-electron chi connectivity index (χ0n) is 10.4. The first-order valence-electron chi connectivity index (χ1n) is 5.90. The minimum Gasteiger partial charge on any atom is -0.480 e. The number of carbonyl (C=O) groups excluding carboxylic acids is 1. The monoisotopic (exact) mass is 373 g/mol. The van der Waals surface area contributed by atoms with Gasteiger partial charge in [0.05, 0.1) is 0 Å². The third-order valence-electron chi connectivity index (χ3n) is 2.54. The number of nitrogens with one attached hydrogen (secondary N) is 1. The van der Waals surface area contributed by atoms with Crippen LogP contribution >= 0.6 is 22.6 Å². The predicted molar refractivity (Wildman–Crippen MR) is 81.9 cm³/mol. The van der Waals surface area contributed by atoms with E-state index in [0.29, 0.717) is 6.42 Å². The Bertz CT molecular complexity index is 474. The van der Waals surface area contributed by atoms with E-state index in [9.17, 15) is 9.59 Å². The summed E-state index contributed by atoms with van der Waals surface area (Å²) >= 11 is 2.17. The lowest BCUT2D eigenvalue weighted by atomic mass is 10.1. The first kappa shape index (κ1) is 15.7. The standard InChI is InChI=1S/C14H16INO3/c1-2-3-7-13(17)16-12(14(18)19)9-10-5-4-6-11(15)8-10/h2,4-6,8,12H,1,3,7,9H2,(H,16,17)(H,18,19)/t12-/m0/s1. The van der Waals surface area contributed by atoms with E-state index < -0.39 is 12.0 Å². The summed E-state index contributed by atoms with van der Waals surface area (Å²) in [7, 11) is 0. The average molecular weight is 373 g/mol. The Morgan fingerprint density at radius 3 is 2.79 bits per heavy atom. The molecule has 5 heteroatoms. The van der Waals surface area contributed by atoms with Crippen LogP contribution in [0.15, 0.2) is 36.9 Å². The Morgan fingerprint density at radius 2 is 2.21 bits per heavy atom. The van der Waals surface area contributed by atoms with Crippen LogP contribution in [0.1, 0.15) is 18.4 Å². The summed E-state index contributed by atoms with van der Waals surface area (Å²) in [5, 5.41) is 11.7. The van der Waals surface area contributed by atoms with Gasteiger partial charge in [-0.3, -0.25) is 4.79 Å². The lowest BCUT2D eigenvalue weighted by Crippen LogP contribution is -2.42. The molecule has 1 atom stereocenters. The van der Waals surface area contributed by atoms with Crippen LogP contribution in [0.25, 0.3) is 0 Å². The van der Waals surface area contributed by atoms with Gasteiger partial charge in [-0.2, -0.15) is 0 Å².